The minimum Gasteiger partial charge on any atom is -0.492 e. The van der Waals surface area contributed by atoms with Crippen LogP contribution in [-0.4, -0.2) is 58.2 Å². The lowest BCUT2D eigenvalue weighted by molar-refractivity contribution is 0.0692. The molecule has 32 heavy (non-hydrogen) atoms. The van der Waals surface area contributed by atoms with Gasteiger partial charge in [0.25, 0.3) is 0 Å². The predicted molar refractivity (Wildman–Crippen MR) is 125 cm³/mol. The summed E-state index contributed by atoms with van der Waals surface area (Å²) in [6, 6.07) is 10.4. The van der Waals surface area contributed by atoms with Crippen LogP contribution < -0.4 is 14.4 Å². The molecule has 0 amide bonds. The third kappa shape index (κ3) is 4.54. The number of aromatic carboxylic acids is 1. The standard InChI is InChI=1S/C23H29N3O5S/c1-25(2)12-6-5-11-24-18-7-3-4-8-19(18)26(32(29)30)20-10-9-16-17-13-15(17)14-31-22(16)21(20)23(27)28/h3-4,7-10,15,17,24,32H,5-6,11-14H2,1-2H3,(H,27,28)/t15-,17-/m0/s1. The second kappa shape index (κ2) is 9.38. The van der Waals surface area contributed by atoms with Crippen LogP contribution in [0.4, 0.5) is 17.1 Å². The van der Waals surface area contributed by atoms with E-state index in [1.807, 2.05) is 26.2 Å². The van der Waals surface area contributed by atoms with Crippen LogP contribution in [0.3, 0.4) is 0 Å². The van der Waals surface area contributed by atoms with Gasteiger partial charge in [-0.1, -0.05) is 18.2 Å². The van der Waals surface area contributed by atoms with Crippen LogP contribution in [0.5, 0.6) is 5.75 Å². The molecule has 9 heteroatoms. The molecule has 0 aromatic heterocycles. The largest absolute Gasteiger partial charge is 0.492 e. The number of unbranched alkanes of at least 4 members (excludes halogenated alkanes) is 1. The number of ether oxygens (including phenoxy) is 1. The van der Waals surface area contributed by atoms with E-state index >= 15 is 0 Å². The third-order valence-electron chi connectivity index (χ3n) is 6.02. The Labute approximate surface area is 189 Å². The molecule has 0 unspecified atom stereocenters. The van der Waals surface area contributed by atoms with Crippen molar-refractivity contribution in [2.24, 2.45) is 5.92 Å². The first kappa shape index (κ1) is 22.4. The molecule has 2 aromatic carbocycles. The van der Waals surface area contributed by atoms with Crippen molar-refractivity contribution in [3.05, 3.63) is 47.5 Å². The Morgan fingerprint density at radius 3 is 2.66 bits per heavy atom. The van der Waals surface area contributed by atoms with Crippen LogP contribution >= 0.6 is 0 Å². The van der Waals surface area contributed by atoms with Crippen molar-refractivity contribution in [2.45, 2.75) is 25.2 Å². The summed E-state index contributed by atoms with van der Waals surface area (Å²) in [7, 11) is 0.900. The number of nitrogens with zero attached hydrogens (tertiary/aromatic N) is 2. The number of carboxylic acids is 1. The number of thiol groups is 1. The van der Waals surface area contributed by atoms with E-state index in [1.165, 1.54) is 0 Å². The Bertz CT molecular complexity index is 1080. The van der Waals surface area contributed by atoms with Crippen LogP contribution in [-0.2, 0) is 10.9 Å². The fraction of sp³-hybridized carbons (Fsp3) is 0.435. The lowest BCUT2D eigenvalue weighted by Crippen LogP contribution is -2.22. The van der Waals surface area contributed by atoms with Crippen molar-refractivity contribution < 1.29 is 23.1 Å². The van der Waals surface area contributed by atoms with E-state index in [0.717, 1.165) is 35.7 Å². The Morgan fingerprint density at radius 1 is 1.16 bits per heavy atom. The smallest absolute Gasteiger partial charge is 0.341 e. The lowest BCUT2D eigenvalue weighted by atomic mass is 10.00. The van der Waals surface area contributed by atoms with Crippen molar-refractivity contribution in [3.8, 4) is 5.75 Å². The second-order valence-corrected chi connectivity index (χ2v) is 9.48. The SMILES string of the molecule is CN(C)CCCCNc1ccccc1N(c1ccc2c(c1C(=O)O)OC[C@@H]1C[C@H]21)[SH](=O)=O. The molecule has 1 aliphatic carbocycles. The topological polar surface area (TPSA) is 99.2 Å². The maximum atomic E-state index is 12.4. The molecule has 0 radical (unpaired) electrons. The summed E-state index contributed by atoms with van der Waals surface area (Å²) in [4.78, 5) is 14.4. The molecule has 1 aliphatic heterocycles. The second-order valence-electron chi connectivity index (χ2n) is 8.60. The number of carbonyl (C=O) groups is 1. The zero-order valence-corrected chi connectivity index (χ0v) is 19.2. The fourth-order valence-electron chi connectivity index (χ4n) is 4.31. The number of rotatable bonds is 10. The maximum Gasteiger partial charge on any atom is 0.341 e. The molecular formula is C23H29N3O5S. The fourth-order valence-corrected chi connectivity index (χ4v) is 5.00. The van der Waals surface area contributed by atoms with Gasteiger partial charge in [-0.05, 0) is 69.6 Å². The monoisotopic (exact) mass is 459 g/mol. The summed E-state index contributed by atoms with van der Waals surface area (Å²) in [5.74, 6) is -0.173. The minimum atomic E-state index is -3.15. The predicted octanol–water partition coefficient (Wildman–Crippen LogP) is 3.30. The molecule has 2 atom stereocenters. The van der Waals surface area contributed by atoms with Gasteiger partial charge in [0.2, 0.25) is 10.9 Å². The number of para-hydroxylation sites is 2. The maximum absolute atomic E-state index is 12.4. The lowest BCUT2D eigenvalue weighted by Gasteiger charge is -2.26. The van der Waals surface area contributed by atoms with Crippen molar-refractivity contribution in [1.82, 2.24) is 4.90 Å². The number of fused-ring (bicyclic) bond motifs is 3. The number of benzene rings is 2. The first-order valence-corrected chi connectivity index (χ1v) is 12.0. The molecule has 0 bridgehead atoms. The van der Waals surface area contributed by atoms with Crippen LogP contribution in [0, 0.1) is 5.92 Å². The van der Waals surface area contributed by atoms with Gasteiger partial charge in [0.1, 0.15) is 11.3 Å². The number of hydrogen-bond donors (Lipinski definition) is 3. The molecular weight excluding hydrogens is 430 g/mol. The number of nitrogens with one attached hydrogen (secondary N) is 1. The molecule has 1 fully saturated rings. The van der Waals surface area contributed by atoms with Gasteiger partial charge in [-0.15, -0.1) is 0 Å². The molecule has 1 saturated carbocycles. The van der Waals surface area contributed by atoms with E-state index in [1.54, 1.807) is 24.3 Å². The van der Waals surface area contributed by atoms with Gasteiger partial charge in [-0.25, -0.2) is 17.5 Å². The molecule has 2 N–H and O–H groups in total. The van der Waals surface area contributed by atoms with E-state index in [4.69, 9.17) is 4.74 Å². The van der Waals surface area contributed by atoms with Crippen LogP contribution in [0.1, 0.15) is 41.1 Å². The Hall–Kier alpha value is -2.78. The van der Waals surface area contributed by atoms with Gasteiger partial charge >= 0.3 is 5.97 Å². The van der Waals surface area contributed by atoms with Crippen molar-refractivity contribution in [2.75, 3.05) is 43.4 Å². The van der Waals surface area contributed by atoms with Gasteiger partial charge < -0.3 is 20.1 Å². The van der Waals surface area contributed by atoms with E-state index in [0.29, 0.717) is 42.1 Å². The van der Waals surface area contributed by atoms with Gasteiger partial charge in [-0.2, -0.15) is 0 Å². The highest BCUT2D eigenvalue weighted by atomic mass is 32.2. The van der Waals surface area contributed by atoms with Gasteiger partial charge in [0, 0.05) is 12.5 Å². The van der Waals surface area contributed by atoms with E-state index < -0.39 is 16.9 Å². The molecule has 2 aromatic rings. The minimum absolute atomic E-state index is 0.0910. The Morgan fingerprint density at radius 2 is 1.94 bits per heavy atom. The van der Waals surface area contributed by atoms with E-state index in [2.05, 4.69) is 10.2 Å². The quantitative estimate of drug-likeness (QED) is 0.370. The van der Waals surface area contributed by atoms with E-state index in [9.17, 15) is 18.3 Å². The molecule has 2 aliphatic rings. The molecule has 8 nitrogen and oxygen atoms in total. The van der Waals surface area contributed by atoms with Crippen LogP contribution in [0.2, 0.25) is 0 Å². The summed E-state index contributed by atoms with van der Waals surface area (Å²) in [6.45, 7) is 2.12. The normalized spacial score (nSPS) is 18.6. The highest BCUT2D eigenvalue weighted by molar-refractivity contribution is 7.74. The van der Waals surface area contributed by atoms with Crippen molar-refractivity contribution >= 4 is 33.9 Å². The van der Waals surface area contributed by atoms with Gasteiger partial charge in [-0.3, -0.25) is 0 Å². The van der Waals surface area contributed by atoms with Crippen molar-refractivity contribution in [1.29, 1.82) is 0 Å². The number of anilines is 3. The first-order valence-electron chi connectivity index (χ1n) is 10.8. The Kier molecular flexibility index (Phi) is 6.57. The highest BCUT2D eigenvalue weighted by Crippen LogP contribution is 2.56. The van der Waals surface area contributed by atoms with Gasteiger partial charge in [0.05, 0.1) is 23.7 Å². The molecule has 0 spiro atoms. The molecule has 0 saturated heterocycles. The zero-order chi connectivity index (χ0) is 22.8. The summed E-state index contributed by atoms with van der Waals surface area (Å²) in [6.07, 6.45) is 2.91. The summed E-state index contributed by atoms with van der Waals surface area (Å²) in [5.41, 5.74) is 1.87. The number of carboxylic acid groups (broad SMARTS) is 1. The summed E-state index contributed by atoms with van der Waals surface area (Å²) in [5, 5.41) is 13.3. The first-order chi connectivity index (χ1) is 15.4. The average molecular weight is 460 g/mol. The van der Waals surface area contributed by atoms with Gasteiger partial charge in [0.15, 0.2) is 0 Å². The summed E-state index contributed by atoms with van der Waals surface area (Å²) >= 11 is 0. The van der Waals surface area contributed by atoms with Crippen LogP contribution in [0.25, 0.3) is 0 Å². The van der Waals surface area contributed by atoms with Crippen LogP contribution in [0.15, 0.2) is 36.4 Å². The molecule has 172 valence electrons. The Balaban J connectivity index is 1.68. The third-order valence-corrected chi connectivity index (χ3v) is 6.77. The zero-order valence-electron chi connectivity index (χ0n) is 18.3. The molecule has 4 rings (SSSR count). The number of hydrogen-bond acceptors (Lipinski definition) is 6. The summed E-state index contributed by atoms with van der Waals surface area (Å²) < 4.78 is 31.7. The average Bonchev–Trinajstić information content (AvgIpc) is 3.54. The highest BCUT2D eigenvalue weighted by Gasteiger charge is 2.45. The van der Waals surface area contributed by atoms with Crippen molar-refractivity contribution in [3.63, 3.8) is 0 Å². The van der Waals surface area contributed by atoms with E-state index in [-0.39, 0.29) is 11.3 Å². The molecule has 1 heterocycles.